The Hall–Kier alpha value is -0.910. The van der Waals surface area contributed by atoms with Crippen LogP contribution in [0.2, 0.25) is 5.02 Å². The molecule has 0 radical (unpaired) electrons. The van der Waals surface area contributed by atoms with E-state index in [0.717, 1.165) is 0 Å². The second kappa shape index (κ2) is 5.62. The highest BCUT2D eigenvalue weighted by molar-refractivity contribution is 7.89. The topological polar surface area (TPSA) is 63.2 Å². The Labute approximate surface area is 106 Å². The van der Waals surface area contributed by atoms with Crippen molar-refractivity contribution < 1.29 is 13.2 Å². The van der Waals surface area contributed by atoms with Crippen molar-refractivity contribution in [2.24, 2.45) is 0 Å². The summed E-state index contributed by atoms with van der Waals surface area (Å²) < 4.78 is 26.0. The summed E-state index contributed by atoms with van der Waals surface area (Å²) >= 11 is 5.83. The minimum atomic E-state index is -3.64. The summed E-state index contributed by atoms with van der Waals surface area (Å²) in [6.45, 7) is 3.66. The first-order valence-corrected chi connectivity index (χ1v) is 7.11. The molecule has 0 aliphatic carbocycles. The second-order valence-corrected chi connectivity index (χ2v) is 5.57. The predicted molar refractivity (Wildman–Crippen MR) is 66.9 cm³/mol. The molecule has 0 aliphatic rings. The van der Waals surface area contributed by atoms with Gasteiger partial charge in [0, 0.05) is 18.5 Å². The van der Waals surface area contributed by atoms with Gasteiger partial charge in [0.2, 0.25) is 10.0 Å². The molecule has 94 valence electrons. The zero-order chi connectivity index (χ0) is 13.1. The zero-order valence-corrected chi connectivity index (χ0v) is 11.2. The largest absolute Gasteiger partial charge is 0.294 e. The van der Waals surface area contributed by atoms with Crippen LogP contribution in [0.1, 0.15) is 30.6 Å². The van der Waals surface area contributed by atoms with Gasteiger partial charge in [0.15, 0.2) is 5.78 Å². The number of ketones is 1. The van der Waals surface area contributed by atoms with E-state index < -0.39 is 10.0 Å². The fourth-order valence-electron chi connectivity index (χ4n) is 1.35. The molecule has 0 heterocycles. The van der Waals surface area contributed by atoms with Crippen LogP contribution in [0.4, 0.5) is 0 Å². The average molecular weight is 276 g/mol. The summed E-state index contributed by atoms with van der Waals surface area (Å²) in [5, 5.41) is 0.110. The van der Waals surface area contributed by atoms with E-state index in [2.05, 4.69) is 4.72 Å². The number of hydrogen-bond acceptors (Lipinski definition) is 3. The van der Waals surface area contributed by atoms with Crippen LogP contribution in [0, 0.1) is 0 Å². The molecule has 6 heteroatoms. The lowest BCUT2D eigenvalue weighted by Gasteiger charge is -2.08. The molecule has 0 spiro atoms. The standard InChI is InChI=1S/C11H14ClNO3S/c1-3-10(14)8-5-6-9(12)11(7-8)17(15,16)13-4-2/h5-7,13H,3-4H2,1-2H3. The van der Waals surface area contributed by atoms with Gasteiger partial charge in [-0.2, -0.15) is 0 Å². The van der Waals surface area contributed by atoms with Crippen LogP contribution >= 0.6 is 11.6 Å². The van der Waals surface area contributed by atoms with Crippen molar-refractivity contribution in [2.45, 2.75) is 25.2 Å². The number of halogens is 1. The monoisotopic (exact) mass is 275 g/mol. The van der Waals surface area contributed by atoms with Crippen LogP contribution in [-0.4, -0.2) is 20.7 Å². The van der Waals surface area contributed by atoms with E-state index in [-0.39, 0.29) is 22.2 Å². The van der Waals surface area contributed by atoms with Gasteiger partial charge in [-0.05, 0) is 18.2 Å². The van der Waals surface area contributed by atoms with Crippen molar-refractivity contribution in [1.82, 2.24) is 4.72 Å². The third-order valence-electron chi connectivity index (χ3n) is 2.20. The highest BCUT2D eigenvalue weighted by Gasteiger charge is 2.18. The number of Topliss-reactive ketones (excluding diaryl/α,β-unsaturated/α-hetero) is 1. The summed E-state index contributed by atoms with van der Waals surface area (Å²) in [5.41, 5.74) is 0.355. The Balaban J connectivity index is 3.29. The number of carbonyl (C=O) groups excluding carboxylic acids is 1. The van der Waals surface area contributed by atoms with Gasteiger partial charge in [-0.3, -0.25) is 4.79 Å². The van der Waals surface area contributed by atoms with Crippen molar-refractivity contribution in [3.8, 4) is 0 Å². The van der Waals surface area contributed by atoms with Crippen molar-refractivity contribution in [3.63, 3.8) is 0 Å². The molecule has 0 aromatic heterocycles. The molecule has 0 fully saturated rings. The van der Waals surface area contributed by atoms with E-state index in [4.69, 9.17) is 11.6 Å². The lowest BCUT2D eigenvalue weighted by atomic mass is 10.1. The predicted octanol–water partition coefficient (Wildman–Crippen LogP) is 2.23. The molecular formula is C11H14ClNO3S. The summed E-state index contributed by atoms with van der Waals surface area (Å²) in [7, 11) is -3.64. The van der Waals surface area contributed by atoms with E-state index in [0.29, 0.717) is 12.0 Å². The number of rotatable bonds is 5. The summed E-state index contributed by atoms with van der Waals surface area (Å²) in [6.07, 6.45) is 0.322. The molecule has 0 saturated heterocycles. The van der Waals surface area contributed by atoms with Crippen molar-refractivity contribution >= 4 is 27.4 Å². The highest BCUT2D eigenvalue weighted by atomic mass is 35.5. The maximum absolute atomic E-state index is 11.8. The molecule has 0 atom stereocenters. The summed E-state index contributed by atoms with van der Waals surface area (Å²) in [5.74, 6) is -0.116. The van der Waals surface area contributed by atoms with E-state index >= 15 is 0 Å². The van der Waals surface area contributed by atoms with Crippen LogP contribution < -0.4 is 4.72 Å². The average Bonchev–Trinajstić information content (AvgIpc) is 2.28. The molecule has 0 unspecified atom stereocenters. The van der Waals surface area contributed by atoms with Crippen molar-refractivity contribution in [3.05, 3.63) is 28.8 Å². The molecule has 17 heavy (non-hydrogen) atoms. The lowest BCUT2D eigenvalue weighted by Crippen LogP contribution is -2.23. The van der Waals surface area contributed by atoms with E-state index in [1.807, 2.05) is 0 Å². The third kappa shape index (κ3) is 3.28. The second-order valence-electron chi connectivity index (χ2n) is 3.42. The van der Waals surface area contributed by atoms with Gasteiger partial charge >= 0.3 is 0 Å². The van der Waals surface area contributed by atoms with Crippen LogP contribution in [0.3, 0.4) is 0 Å². The fraction of sp³-hybridized carbons (Fsp3) is 0.364. The molecule has 1 aromatic carbocycles. The van der Waals surface area contributed by atoms with Gasteiger partial charge in [-0.25, -0.2) is 13.1 Å². The third-order valence-corrected chi connectivity index (χ3v) is 4.23. The van der Waals surface area contributed by atoms with Gasteiger partial charge in [0.1, 0.15) is 4.90 Å². The molecule has 1 N–H and O–H groups in total. The Morgan fingerprint density at radius 2 is 2.00 bits per heavy atom. The summed E-state index contributed by atoms with van der Waals surface area (Å²) in [6, 6.07) is 4.26. The Morgan fingerprint density at radius 3 is 2.53 bits per heavy atom. The first kappa shape index (κ1) is 14.2. The minimum Gasteiger partial charge on any atom is -0.294 e. The normalized spacial score (nSPS) is 11.5. The first-order valence-electron chi connectivity index (χ1n) is 5.24. The van der Waals surface area contributed by atoms with Gasteiger partial charge in [-0.15, -0.1) is 0 Å². The molecule has 0 amide bonds. The number of nitrogens with one attached hydrogen (secondary N) is 1. The van der Waals surface area contributed by atoms with E-state index in [1.54, 1.807) is 13.8 Å². The van der Waals surface area contributed by atoms with Crippen LogP contribution in [0.25, 0.3) is 0 Å². The minimum absolute atomic E-state index is 0.0553. The van der Waals surface area contributed by atoms with Crippen molar-refractivity contribution in [2.75, 3.05) is 6.54 Å². The zero-order valence-electron chi connectivity index (χ0n) is 9.66. The molecule has 1 rings (SSSR count). The highest BCUT2D eigenvalue weighted by Crippen LogP contribution is 2.23. The molecule has 0 saturated carbocycles. The lowest BCUT2D eigenvalue weighted by molar-refractivity contribution is 0.0988. The van der Waals surface area contributed by atoms with Crippen LogP contribution in [0.15, 0.2) is 23.1 Å². The molecule has 1 aromatic rings. The maximum atomic E-state index is 11.8. The Kier molecular flexibility index (Phi) is 4.68. The van der Waals surface area contributed by atoms with E-state index in [9.17, 15) is 13.2 Å². The number of hydrogen-bond donors (Lipinski definition) is 1. The van der Waals surface area contributed by atoms with E-state index in [1.165, 1.54) is 18.2 Å². The van der Waals surface area contributed by atoms with Gasteiger partial charge < -0.3 is 0 Å². The first-order chi connectivity index (χ1) is 7.92. The molecule has 0 aliphatic heterocycles. The summed E-state index contributed by atoms with van der Waals surface area (Å²) in [4.78, 5) is 11.4. The van der Waals surface area contributed by atoms with Gasteiger partial charge in [0.05, 0.1) is 5.02 Å². The van der Waals surface area contributed by atoms with Crippen LogP contribution in [-0.2, 0) is 10.0 Å². The molecular weight excluding hydrogens is 262 g/mol. The number of sulfonamides is 1. The SMILES string of the molecule is CCNS(=O)(=O)c1cc(C(=O)CC)ccc1Cl. The van der Waals surface area contributed by atoms with Gasteiger partial charge in [-0.1, -0.05) is 25.4 Å². The smallest absolute Gasteiger partial charge is 0.242 e. The number of benzene rings is 1. The fourth-order valence-corrected chi connectivity index (χ4v) is 2.92. The molecule has 0 bridgehead atoms. The Bertz CT molecular complexity index is 526. The number of carbonyl (C=O) groups is 1. The van der Waals surface area contributed by atoms with Crippen molar-refractivity contribution in [1.29, 1.82) is 0 Å². The molecule has 4 nitrogen and oxygen atoms in total. The maximum Gasteiger partial charge on any atom is 0.242 e. The Morgan fingerprint density at radius 1 is 1.35 bits per heavy atom. The van der Waals surface area contributed by atoms with Gasteiger partial charge in [0.25, 0.3) is 0 Å². The van der Waals surface area contributed by atoms with Crippen LogP contribution in [0.5, 0.6) is 0 Å². The quantitative estimate of drug-likeness (QED) is 0.838.